The molecule has 0 N–H and O–H groups in total. The molecule has 1 unspecified atom stereocenters. The van der Waals surface area contributed by atoms with E-state index in [4.69, 9.17) is 9.72 Å². The van der Waals surface area contributed by atoms with Gasteiger partial charge in [-0.15, -0.1) is 0 Å². The van der Waals surface area contributed by atoms with Crippen molar-refractivity contribution in [2.75, 3.05) is 26.2 Å². The van der Waals surface area contributed by atoms with E-state index < -0.39 is 5.82 Å². The molecule has 1 atom stereocenters. The van der Waals surface area contributed by atoms with Gasteiger partial charge in [-0.25, -0.2) is 9.37 Å². The van der Waals surface area contributed by atoms with Gasteiger partial charge < -0.3 is 14.2 Å². The van der Waals surface area contributed by atoms with Crippen LogP contribution in [-0.4, -0.2) is 55.6 Å². The van der Waals surface area contributed by atoms with Gasteiger partial charge in [0.15, 0.2) is 5.65 Å². The fourth-order valence-electron chi connectivity index (χ4n) is 5.83. The van der Waals surface area contributed by atoms with Gasteiger partial charge in [-0.3, -0.25) is 4.98 Å². The lowest BCUT2D eigenvalue weighted by atomic mass is 9.74. The van der Waals surface area contributed by atoms with E-state index in [1.807, 2.05) is 24.5 Å². The Kier molecular flexibility index (Phi) is 6.05. The molecule has 9 heteroatoms. The highest BCUT2D eigenvalue weighted by atomic mass is 19.1. The topological polar surface area (TPSA) is 92.8 Å². The summed E-state index contributed by atoms with van der Waals surface area (Å²) in [5, 5.41) is 10.1. The average molecular weight is 498 g/mol. The molecule has 0 aliphatic carbocycles. The van der Waals surface area contributed by atoms with E-state index in [9.17, 15) is 9.65 Å². The number of benzene rings is 1. The first-order valence-corrected chi connectivity index (χ1v) is 12.8. The van der Waals surface area contributed by atoms with E-state index in [0.29, 0.717) is 53.2 Å². The molecule has 37 heavy (non-hydrogen) atoms. The highest BCUT2D eigenvalue weighted by Gasteiger charge is 2.36. The van der Waals surface area contributed by atoms with Crippen molar-refractivity contribution in [1.29, 1.82) is 5.26 Å². The molecule has 3 aliphatic rings. The molecule has 3 fully saturated rings. The fraction of sp³-hybridized carbons (Fsp3) is 0.393. The lowest BCUT2D eigenvalue weighted by Crippen LogP contribution is -2.46. The smallest absolute Gasteiger partial charge is 0.318 e. The highest BCUT2D eigenvalue weighted by molar-refractivity contribution is 5.79. The van der Waals surface area contributed by atoms with Gasteiger partial charge in [-0.2, -0.15) is 15.2 Å². The van der Waals surface area contributed by atoms with E-state index in [-0.39, 0.29) is 6.01 Å². The SMILES string of the molecule is CCOc1nc(C)c2nc(-c3cncc(F)c3)n(Cc3ccc(C4CN5CCC4CC5)c(C#N)c3)c2n1. The number of ether oxygens (including phenoxy) is 1. The normalized spacial score (nSPS) is 20.8. The zero-order chi connectivity index (χ0) is 25.5. The summed E-state index contributed by atoms with van der Waals surface area (Å²) in [6.45, 7) is 7.93. The average Bonchev–Trinajstić information content (AvgIpc) is 3.28. The highest BCUT2D eigenvalue weighted by Crippen LogP contribution is 2.40. The third kappa shape index (κ3) is 4.31. The fourth-order valence-corrected chi connectivity index (χ4v) is 5.83. The number of imidazole rings is 1. The summed E-state index contributed by atoms with van der Waals surface area (Å²) in [4.78, 5) is 20.4. The number of piperidine rings is 3. The molecule has 4 aromatic rings. The summed E-state index contributed by atoms with van der Waals surface area (Å²) >= 11 is 0. The lowest BCUT2D eigenvalue weighted by Gasteiger charge is -2.45. The van der Waals surface area contributed by atoms with Crippen molar-refractivity contribution in [3.63, 3.8) is 0 Å². The number of hydrogen-bond acceptors (Lipinski definition) is 7. The molecule has 7 rings (SSSR count). The second-order valence-corrected chi connectivity index (χ2v) is 9.89. The van der Waals surface area contributed by atoms with Crippen molar-refractivity contribution in [2.24, 2.45) is 5.92 Å². The number of rotatable bonds is 6. The molecule has 3 aliphatic heterocycles. The predicted molar refractivity (Wildman–Crippen MR) is 137 cm³/mol. The molecular weight excluding hydrogens is 469 g/mol. The molecule has 1 aromatic carbocycles. The van der Waals surface area contributed by atoms with Crippen LogP contribution >= 0.6 is 0 Å². The second-order valence-electron chi connectivity index (χ2n) is 9.89. The summed E-state index contributed by atoms with van der Waals surface area (Å²) < 4.78 is 21.6. The first-order chi connectivity index (χ1) is 18.0. The van der Waals surface area contributed by atoms with E-state index in [1.54, 1.807) is 6.20 Å². The van der Waals surface area contributed by atoms with Gasteiger partial charge in [0.05, 0.1) is 36.7 Å². The van der Waals surface area contributed by atoms with Crippen LogP contribution in [0.5, 0.6) is 6.01 Å². The minimum atomic E-state index is -0.442. The Morgan fingerprint density at radius 1 is 1.14 bits per heavy atom. The number of hydrogen-bond donors (Lipinski definition) is 0. The maximum absolute atomic E-state index is 14.1. The molecule has 8 nitrogen and oxygen atoms in total. The van der Waals surface area contributed by atoms with Crippen LogP contribution < -0.4 is 4.74 Å². The largest absolute Gasteiger partial charge is 0.464 e. The maximum Gasteiger partial charge on any atom is 0.318 e. The number of aryl methyl sites for hydroxylation is 1. The van der Waals surface area contributed by atoms with Gasteiger partial charge in [-0.1, -0.05) is 12.1 Å². The summed E-state index contributed by atoms with van der Waals surface area (Å²) in [6.07, 6.45) is 5.15. The maximum atomic E-state index is 14.1. The lowest BCUT2D eigenvalue weighted by molar-refractivity contribution is 0.0870. The molecule has 188 valence electrons. The molecular formula is C28H28FN7O. The van der Waals surface area contributed by atoms with Gasteiger partial charge >= 0.3 is 6.01 Å². The van der Waals surface area contributed by atoms with Crippen molar-refractivity contribution in [3.05, 3.63) is 64.9 Å². The second kappa shape index (κ2) is 9.52. The van der Waals surface area contributed by atoms with Crippen LogP contribution in [0.2, 0.25) is 0 Å². The van der Waals surface area contributed by atoms with Crippen LogP contribution in [0.1, 0.15) is 48.1 Å². The van der Waals surface area contributed by atoms with Crippen molar-refractivity contribution >= 4 is 11.2 Å². The molecule has 0 radical (unpaired) electrons. The van der Waals surface area contributed by atoms with E-state index in [1.165, 1.54) is 25.1 Å². The van der Waals surface area contributed by atoms with Crippen molar-refractivity contribution in [1.82, 2.24) is 29.4 Å². The first kappa shape index (κ1) is 23.5. The van der Waals surface area contributed by atoms with Gasteiger partial charge in [-0.05, 0) is 69.0 Å². The van der Waals surface area contributed by atoms with Gasteiger partial charge in [0.2, 0.25) is 0 Å². The Bertz CT molecular complexity index is 1520. The zero-order valence-corrected chi connectivity index (χ0v) is 21.0. The molecule has 3 saturated heterocycles. The number of pyridine rings is 1. The number of nitrogens with zero attached hydrogens (tertiary/aromatic N) is 7. The molecule has 2 bridgehead atoms. The molecule has 0 saturated carbocycles. The Labute approximate surface area is 214 Å². The quantitative estimate of drug-likeness (QED) is 0.388. The minimum absolute atomic E-state index is 0.271. The third-order valence-corrected chi connectivity index (χ3v) is 7.62. The molecule has 6 heterocycles. The van der Waals surface area contributed by atoms with Gasteiger partial charge in [0.1, 0.15) is 17.2 Å². The van der Waals surface area contributed by atoms with Crippen molar-refractivity contribution in [3.8, 4) is 23.5 Å². The minimum Gasteiger partial charge on any atom is -0.464 e. The van der Waals surface area contributed by atoms with Gasteiger partial charge in [0.25, 0.3) is 0 Å². The summed E-state index contributed by atoms with van der Waals surface area (Å²) in [7, 11) is 0. The van der Waals surface area contributed by atoms with E-state index in [0.717, 1.165) is 36.3 Å². The standard InChI is InChI=1S/C28H28FN7O/c1-3-37-28-32-17(2)25-27(34-28)36(26(33-25)21-11-22(29)14-31-13-21)15-18-4-5-23(20(10-18)12-30)24-16-35-8-6-19(24)7-9-35/h4-5,10-11,13-14,19,24H,3,6-9,15-16H2,1-2H3. The Hall–Kier alpha value is -3.90. The van der Waals surface area contributed by atoms with Crippen LogP contribution in [0, 0.1) is 30.0 Å². The zero-order valence-electron chi connectivity index (χ0n) is 21.0. The number of fused-ring (bicyclic) bond motifs is 4. The van der Waals surface area contributed by atoms with Crippen LogP contribution in [-0.2, 0) is 6.54 Å². The van der Waals surface area contributed by atoms with Gasteiger partial charge in [0, 0.05) is 24.2 Å². The van der Waals surface area contributed by atoms with E-state index in [2.05, 4.69) is 38.1 Å². The Morgan fingerprint density at radius 2 is 1.97 bits per heavy atom. The number of nitriles is 1. The summed E-state index contributed by atoms with van der Waals surface area (Å²) in [5.41, 5.74) is 5.23. The Balaban J connectivity index is 1.44. The van der Waals surface area contributed by atoms with E-state index >= 15 is 0 Å². The summed E-state index contributed by atoms with van der Waals surface area (Å²) in [5.74, 6) is 1.14. The third-order valence-electron chi connectivity index (χ3n) is 7.62. The van der Waals surface area contributed by atoms with Crippen LogP contribution in [0.3, 0.4) is 0 Å². The number of halogens is 1. The predicted octanol–water partition coefficient (Wildman–Crippen LogP) is 4.46. The first-order valence-electron chi connectivity index (χ1n) is 12.8. The van der Waals surface area contributed by atoms with Crippen LogP contribution in [0.25, 0.3) is 22.6 Å². The molecule has 3 aromatic heterocycles. The van der Waals surface area contributed by atoms with Crippen LogP contribution in [0.15, 0.2) is 36.7 Å². The summed E-state index contributed by atoms with van der Waals surface area (Å²) in [6, 6.07) is 10.3. The molecule has 0 amide bonds. The van der Waals surface area contributed by atoms with Crippen molar-refractivity contribution in [2.45, 2.75) is 39.2 Å². The Morgan fingerprint density at radius 3 is 2.68 bits per heavy atom. The van der Waals surface area contributed by atoms with Crippen LogP contribution in [0.4, 0.5) is 4.39 Å². The number of aromatic nitrogens is 5. The monoisotopic (exact) mass is 497 g/mol. The molecule has 0 spiro atoms. The van der Waals surface area contributed by atoms with Crippen molar-refractivity contribution < 1.29 is 9.13 Å².